The number of benzene rings is 22. The fraction of sp³-hybridized carbons (Fsp3) is 0.00741. The van der Waals surface area contributed by atoms with Crippen LogP contribution in [0.4, 0.5) is 0 Å². The van der Waals surface area contributed by atoms with Gasteiger partial charge in [0.15, 0.2) is 17.5 Å². The smallest absolute Gasteiger partial charge is 0.238 e. The van der Waals surface area contributed by atoms with E-state index in [0.29, 0.717) is 17.6 Å². The van der Waals surface area contributed by atoms with E-state index in [-0.39, 0.29) is 6.17 Å². The van der Waals surface area contributed by atoms with Crippen molar-refractivity contribution in [3.05, 3.63) is 539 Å². The van der Waals surface area contributed by atoms with Crippen molar-refractivity contribution >= 4 is 130 Å². The molecule has 145 heavy (non-hydrogen) atoms. The van der Waals surface area contributed by atoms with Crippen LogP contribution >= 0.6 is 0 Å². The first-order chi connectivity index (χ1) is 71.9. The molecule has 0 saturated heterocycles. The number of nitrogens with one attached hydrogen (secondary N) is 1. The summed E-state index contributed by atoms with van der Waals surface area (Å²) in [6.45, 7) is 0. The Balaban J connectivity index is 0.000000111. The zero-order chi connectivity index (χ0) is 96.0. The largest absolute Gasteiger partial charge is 0.344 e. The summed E-state index contributed by atoms with van der Waals surface area (Å²) >= 11 is 0. The first-order valence-electron chi connectivity index (χ1n) is 49.1. The van der Waals surface area contributed by atoms with Crippen LogP contribution in [-0.4, -0.2) is 46.1 Å². The van der Waals surface area contributed by atoms with Crippen molar-refractivity contribution in [2.24, 2.45) is 9.98 Å². The summed E-state index contributed by atoms with van der Waals surface area (Å²) < 4.78 is 2.19. The Morgan fingerprint density at radius 1 is 0.186 bits per heavy atom. The standard InChI is InChI=1S/C45H28N4.C45H31N3.C45H29N3/c1-3-13-29(14-4-1)43-46-44(30-15-5-2-6-16-30)48-45(47-43)49-41-22-12-11-21-38(41)39-26-24-32(28-42(39)49)31-23-25-37-35-19-8-7-17-33(35)34-18-9-10-20-36(34)40(37)27-31;1-4-13-30(14-5-1)34-23-25-39-37-21-10-11-22-38(37)41-29-35(24-26-40(41)42(39)28-34)33-19-12-20-36(27-33)45-47-43(31-15-6-2-7-16-31)46-44(48-45)32-17-8-3-9-18-32;1-2-17-40-38(15-1)39-16-3-4-18-41(39)43-25-34(19-20-42(40)43)32-11-5-9-30(23-32)31-10-6-12-33(24-31)37-26-44(35-13-7-21-46-28-35)48-45(27-37)36-14-8-22-47-29-36/h1-28H;1-29,43H,(H,46,47,48);1-29H. The van der Waals surface area contributed by atoms with Crippen LogP contribution in [0.1, 0.15) is 22.9 Å². The van der Waals surface area contributed by atoms with Crippen LogP contribution in [0, 0.1) is 0 Å². The maximum Gasteiger partial charge on any atom is 0.238 e. The predicted molar refractivity (Wildman–Crippen MR) is 604 cm³/mol. The van der Waals surface area contributed by atoms with Crippen LogP contribution in [0.15, 0.2) is 532 Å². The number of nitrogens with zero attached hydrogens (tertiary/aromatic N) is 9. The van der Waals surface area contributed by atoms with E-state index in [1.165, 1.54) is 130 Å². The van der Waals surface area contributed by atoms with Gasteiger partial charge in [0.25, 0.3) is 0 Å². The minimum absolute atomic E-state index is 0.237. The van der Waals surface area contributed by atoms with E-state index in [2.05, 4.69) is 408 Å². The van der Waals surface area contributed by atoms with Crippen LogP contribution in [0.25, 0.3) is 237 Å². The van der Waals surface area contributed by atoms with Crippen LogP contribution in [-0.2, 0) is 0 Å². The summed E-state index contributed by atoms with van der Waals surface area (Å²) in [5, 5.41) is 28.8. The Morgan fingerprint density at radius 3 is 0.897 bits per heavy atom. The lowest BCUT2D eigenvalue weighted by atomic mass is 9.90. The summed E-state index contributed by atoms with van der Waals surface area (Å²) in [4.78, 5) is 38.9. The maximum atomic E-state index is 5.12. The van der Waals surface area contributed by atoms with Gasteiger partial charge >= 0.3 is 0 Å². The topological polar surface area (TPSA) is 119 Å². The fourth-order valence-corrected chi connectivity index (χ4v) is 21.1. The van der Waals surface area contributed by atoms with Crippen LogP contribution in [0.3, 0.4) is 0 Å². The number of aromatic nitrogens is 7. The second-order valence-corrected chi connectivity index (χ2v) is 36.8. The first-order valence-corrected chi connectivity index (χ1v) is 49.1. The molecule has 0 aliphatic carbocycles. The van der Waals surface area contributed by atoms with Gasteiger partial charge in [-0.2, -0.15) is 9.97 Å². The molecule has 6 heterocycles. The SMILES string of the molecule is c1cc(-c2cccc(-c3ccc4c5ccccc5c5ccccc5c4c3)c2)cc(-c2cc(-c3cccnc3)nc(-c3cccnc3)c2)c1.c1ccc(-c2nc(-c3ccccc3)nc(-n3c4ccccc4c4ccc(-c5ccc6c7ccccc7c7ccccc7c6c5)cc43)n2)cc1.c1ccc(C2=NC(c3ccccc3)NC(c3cccc(-c4ccc5c6cc(-c7ccccc7)ccc6c6ccccc6c5c4)c3)=N2)cc1. The fourth-order valence-electron chi connectivity index (χ4n) is 21.1. The third-order valence-corrected chi connectivity index (χ3v) is 28.2. The normalized spacial score (nSPS) is 12.5. The highest BCUT2D eigenvalue weighted by Gasteiger charge is 2.25. The van der Waals surface area contributed by atoms with Gasteiger partial charge in [-0.25, -0.2) is 20.0 Å². The summed E-state index contributed by atoms with van der Waals surface area (Å²) in [5.74, 6) is 3.40. The number of pyridine rings is 3. The molecule has 1 N–H and O–H groups in total. The zero-order valence-electron chi connectivity index (χ0n) is 78.8. The van der Waals surface area contributed by atoms with E-state index < -0.39 is 0 Å². The molecule has 1 aliphatic rings. The molecular formula is C135H88N10. The Kier molecular flexibility index (Phi) is 22.2. The second-order valence-electron chi connectivity index (χ2n) is 36.8. The second kappa shape index (κ2) is 37.4. The molecule has 0 bridgehead atoms. The molecule has 10 heteroatoms. The third-order valence-electron chi connectivity index (χ3n) is 28.2. The molecule has 10 nitrogen and oxygen atoms in total. The van der Waals surface area contributed by atoms with Crippen molar-refractivity contribution < 1.29 is 0 Å². The average molecular weight is 1850 g/mol. The molecule has 27 aromatic rings. The summed E-state index contributed by atoms with van der Waals surface area (Å²) in [6.07, 6.45) is 7.06. The van der Waals surface area contributed by atoms with Crippen molar-refractivity contribution in [1.82, 2.24) is 39.8 Å². The van der Waals surface area contributed by atoms with Gasteiger partial charge in [-0.1, -0.05) is 406 Å². The first kappa shape index (κ1) is 86.0. The monoisotopic (exact) mass is 1850 g/mol. The van der Waals surface area contributed by atoms with Crippen molar-refractivity contribution in [2.75, 3.05) is 0 Å². The van der Waals surface area contributed by atoms with Gasteiger partial charge in [-0.15, -0.1) is 0 Å². The van der Waals surface area contributed by atoms with Gasteiger partial charge < -0.3 is 5.32 Å². The van der Waals surface area contributed by atoms with Crippen LogP contribution in [0.2, 0.25) is 0 Å². The van der Waals surface area contributed by atoms with Gasteiger partial charge in [0.1, 0.15) is 12.0 Å². The van der Waals surface area contributed by atoms with Gasteiger partial charge in [0.05, 0.1) is 22.4 Å². The molecule has 0 spiro atoms. The molecule has 1 aliphatic heterocycles. The minimum Gasteiger partial charge on any atom is -0.344 e. The molecule has 1 unspecified atom stereocenters. The van der Waals surface area contributed by atoms with E-state index in [1.54, 1.807) is 12.4 Å². The Morgan fingerprint density at radius 2 is 0.483 bits per heavy atom. The zero-order valence-corrected chi connectivity index (χ0v) is 78.8. The van der Waals surface area contributed by atoms with E-state index in [4.69, 9.17) is 29.9 Å². The molecule has 0 saturated carbocycles. The van der Waals surface area contributed by atoms with Crippen molar-refractivity contribution in [3.63, 3.8) is 0 Å². The molecule has 0 amide bonds. The average Bonchev–Trinajstić information content (AvgIpc) is 1.55. The van der Waals surface area contributed by atoms with Gasteiger partial charge in [0.2, 0.25) is 5.95 Å². The predicted octanol–water partition coefficient (Wildman–Crippen LogP) is 34.1. The molecule has 22 aromatic carbocycles. The molecule has 678 valence electrons. The lowest BCUT2D eigenvalue weighted by Gasteiger charge is -2.24. The number of para-hydroxylation sites is 1. The molecule has 5 aromatic heterocycles. The van der Waals surface area contributed by atoms with Crippen LogP contribution < -0.4 is 5.32 Å². The van der Waals surface area contributed by atoms with E-state index in [1.807, 2.05) is 122 Å². The number of hydrogen-bond donors (Lipinski definition) is 1. The highest BCUT2D eigenvalue weighted by molar-refractivity contribution is 6.29. The lowest BCUT2D eigenvalue weighted by Crippen LogP contribution is -2.33. The summed E-state index contributed by atoms with van der Waals surface area (Å²) in [7, 11) is 0. The Hall–Kier alpha value is -19.4. The van der Waals surface area contributed by atoms with Crippen LogP contribution in [0.5, 0.6) is 0 Å². The van der Waals surface area contributed by atoms with Gasteiger partial charge in [0, 0.05) is 68.9 Å². The van der Waals surface area contributed by atoms with Gasteiger partial charge in [-0.3, -0.25) is 14.5 Å². The highest BCUT2D eigenvalue weighted by Crippen LogP contribution is 2.46. The Bertz CT molecular complexity index is 9600. The number of rotatable bonds is 14. The summed E-state index contributed by atoms with van der Waals surface area (Å²) in [5.41, 5.74) is 24.8. The number of aliphatic imine (C=N–C) groups is 2. The van der Waals surface area contributed by atoms with E-state index in [9.17, 15) is 0 Å². The number of amidine groups is 2. The van der Waals surface area contributed by atoms with E-state index in [0.717, 1.165) is 117 Å². The minimum atomic E-state index is -0.237. The number of fused-ring (bicyclic) bond motifs is 21. The van der Waals surface area contributed by atoms with E-state index >= 15 is 0 Å². The lowest BCUT2D eigenvalue weighted by molar-refractivity contribution is 0.674. The quantitative estimate of drug-likeness (QED) is 0.108. The molecule has 28 rings (SSSR count). The number of hydrogen-bond acceptors (Lipinski definition) is 9. The Labute approximate surface area is 837 Å². The molecule has 1 atom stereocenters. The van der Waals surface area contributed by atoms with Gasteiger partial charge in [-0.05, 0) is 260 Å². The third kappa shape index (κ3) is 16.4. The van der Waals surface area contributed by atoms with Crippen molar-refractivity contribution in [2.45, 2.75) is 6.17 Å². The van der Waals surface area contributed by atoms with Crippen molar-refractivity contribution in [1.29, 1.82) is 0 Å². The van der Waals surface area contributed by atoms with Crippen molar-refractivity contribution in [3.8, 4) is 118 Å². The molecule has 0 fully saturated rings. The maximum absolute atomic E-state index is 5.12. The molecule has 0 radical (unpaired) electrons. The molecular weight excluding hydrogens is 1760 g/mol. The highest BCUT2D eigenvalue weighted by atomic mass is 15.2. The summed E-state index contributed by atoms with van der Waals surface area (Å²) in [6, 6.07) is 177.